The second-order valence-corrected chi connectivity index (χ2v) is 22.8. The highest BCUT2D eigenvalue weighted by atomic mass is 19.4. The van der Waals surface area contributed by atoms with E-state index in [1.807, 2.05) is 146 Å². The molecule has 10 heteroatoms. The topological polar surface area (TPSA) is 85.2 Å². The Balaban J connectivity index is 1.01. The van der Waals surface area contributed by atoms with Gasteiger partial charge in [-0.05, 0) is 147 Å². The minimum absolute atomic E-state index is 0.0396. The molecule has 0 aliphatic rings. The standard InChI is InChI=1S/C82H50F3N7/c83-82(84,85)71-24-14-13-23-65(71)64-49-80(91-76-45-56(60-33-37-87-72(41-60)52-15-5-1-6-16-52)25-29-66(76)67-30-26-57(46-77(67)91)61-34-38-88-73(42-61)53-17-7-2-8-18-53)70(51-86)81(50-64)92-78-47-58(62-35-39-89-74(43-62)54-19-9-3-10-20-54)27-31-68(78)69-32-28-59(48-79(69)92)63-36-40-90-75(44-63)55-21-11-4-12-22-55/h1-50H. The number of nitriles is 1. The Morgan fingerprint density at radius 1 is 0.283 bits per heavy atom. The Kier molecular flexibility index (Phi) is 13.6. The third kappa shape index (κ3) is 9.91. The van der Waals surface area contributed by atoms with Gasteiger partial charge >= 0.3 is 6.18 Å². The minimum Gasteiger partial charge on any atom is -0.308 e. The van der Waals surface area contributed by atoms with Gasteiger partial charge < -0.3 is 9.13 Å². The van der Waals surface area contributed by atoms with Crippen LogP contribution in [0.3, 0.4) is 0 Å². The van der Waals surface area contributed by atoms with Crippen molar-refractivity contribution < 1.29 is 13.2 Å². The van der Waals surface area contributed by atoms with E-state index in [0.717, 1.165) is 139 Å². The summed E-state index contributed by atoms with van der Waals surface area (Å²) in [6.45, 7) is 0. The zero-order valence-electron chi connectivity index (χ0n) is 49.1. The predicted molar refractivity (Wildman–Crippen MR) is 365 cm³/mol. The van der Waals surface area contributed by atoms with Crippen molar-refractivity contribution in [3.63, 3.8) is 0 Å². The molecule has 0 saturated heterocycles. The largest absolute Gasteiger partial charge is 0.417 e. The van der Waals surface area contributed by atoms with Crippen molar-refractivity contribution in [2.24, 2.45) is 0 Å². The highest BCUT2D eigenvalue weighted by molar-refractivity contribution is 6.13. The van der Waals surface area contributed by atoms with Gasteiger partial charge in [-0.1, -0.05) is 188 Å². The summed E-state index contributed by atoms with van der Waals surface area (Å²) in [6, 6.07) is 93.4. The first-order valence-electron chi connectivity index (χ1n) is 30.2. The number of nitrogens with zero attached hydrogens (tertiary/aromatic N) is 7. The van der Waals surface area contributed by atoms with Gasteiger partial charge in [-0.15, -0.1) is 0 Å². The van der Waals surface area contributed by atoms with Gasteiger partial charge in [-0.2, -0.15) is 18.4 Å². The smallest absolute Gasteiger partial charge is 0.308 e. The molecule has 0 unspecified atom stereocenters. The summed E-state index contributed by atoms with van der Waals surface area (Å²) in [5, 5.41) is 15.8. The van der Waals surface area contributed by atoms with Crippen molar-refractivity contribution in [2.75, 3.05) is 0 Å². The summed E-state index contributed by atoms with van der Waals surface area (Å²) in [5.74, 6) is 0. The van der Waals surface area contributed by atoms with Crippen LogP contribution in [-0.2, 0) is 6.18 Å². The molecule has 0 saturated carbocycles. The maximum atomic E-state index is 15.7. The Morgan fingerprint density at radius 3 is 0.859 bits per heavy atom. The summed E-state index contributed by atoms with van der Waals surface area (Å²) in [7, 11) is 0. The fraction of sp³-hybridized carbons (Fsp3) is 0.0122. The number of halogens is 3. The van der Waals surface area contributed by atoms with E-state index in [0.29, 0.717) is 11.4 Å². The maximum Gasteiger partial charge on any atom is 0.417 e. The minimum atomic E-state index is -4.74. The number of hydrogen-bond acceptors (Lipinski definition) is 5. The Hall–Kier alpha value is -12.3. The lowest BCUT2D eigenvalue weighted by molar-refractivity contribution is -0.137. The SMILES string of the molecule is N#Cc1c(-n2c3cc(-c4ccnc(-c5ccccc5)c4)ccc3c3ccc(-c4ccnc(-c5ccccc5)c4)cc32)cc(-c2ccccc2C(F)(F)F)cc1-n1c2cc(-c3ccnc(-c4ccccc4)c3)ccc2c2ccc(-c3ccnc(-c4ccccc4)c3)cc21. The van der Waals surface area contributed by atoms with Gasteiger partial charge in [0.15, 0.2) is 0 Å². The first-order valence-corrected chi connectivity index (χ1v) is 30.2. The van der Waals surface area contributed by atoms with Crippen molar-refractivity contribution in [1.29, 1.82) is 5.26 Å². The molecule has 6 heterocycles. The van der Waals surface area contributed by atoms with E-state index in [9.17, 15) is 5.26 Å². The third-order valence-corrected chi connectivity index (χ3v) is 17.4. The molecule has 0 aliphatic carbocycles. The fourth-order valence-corrected chi connectivity index (χ4v) is 13.0. The molecule has 16 aromatic rings. The van der Waals surface area contributed by atoms with Crippen LogP contribution in [0.5, 0.6) is 0 Å². The second kappa shape index (κ2) is 22.7. The number of aromatic nitrogens is 6. The lowest BCUT2D eigenvalue weighted by Crippen LogP contribution is -2.09. The Bertz CT molecular complexity index is 4990. The van der Waals surface area contributed by atoms with E-state index in [1.165, 1.54) is 12.1 Å². The van der Waals surface area contributed by atoms with E-state index in [1.54, 1.807) is 43.0 Å². The third-order valence-electron chi connectivity index (χ3n) is 17.4. The molecular weight excluding hydrogens is 1140 g/mol. The molecule has 434 valence electrons. The van der Waals surface area contributed by atoms with Crippen LogP contribution in [-0.4, -0.2) is 29.1 Å². The molecule has 10 aromatic carbocycles. The van der Waals surface area contributed by atoms with E-state index in [4.69, 9.17) is 19.9 Å². The maximum absolute atomic E-state index is 15.7. The molecule has 16 rings (SSSR count). The van der Waals surface area contributed by atoms with E-state index >= 15 is 13.2 Å². The quantitative estimate of drug-likeness (QED) is 0.129. The molecule has 0 aliphatic heterocycles. The Labute approximate surface area is 527 Å². The molecule has 0 spiro atoms. The van der Waals surface area contributed by atoms with Crippen LogP contribution >= 0.6 is 0 Å². The molecule has 92 heavy (non-hydrogen) atoms. The van der Waals surface area contributed by atoms with Crippen LogP contribution in [0, 0.1) is 11.3 Å². The lowest BCUT2D eigenvalue weighted by Gasteiger charge is -2.20. The van der Waals surface area contributed by atoms with Crippen LogP contribution in [0.15, 0.2) is 304 Å². The number of hydrogen-bond donors (Lipinski definition) is 0. The summed E-state index contributed by atoms with van der Waals surface area (Å²) >= 11 is 0. The molecule has 0 bridgehead atoms. The van der Waals surface area contributed by atoms with Gasteiger partial charge in [-0.25, -0.2) is 0 Å². The normalized spacial score (nSPS) is 11.6. The first kappa shape index (κ1) is 55.0. The highest BCUT2D eigenvalue weighted by Crippen LogP contribution is 2.46. The Morgan fingerprint density at radius 2 is 0.565 bits per heavy atom. The van der Waals surface area contributed by atoms with Crippen LogP contribution in [0.25, 0.3) is 156 Å². The zero-order valence-corrected chi connectivity index (χ0v) is 49.1. The number of pyridine rings is 4. The van der Waals surface area contributed by atoms with Gasteiger partial charge in [0.2, 0.25) is 0 Å². The average molecular weight is 1190 g/mol. The summed E-state index contributed by atoms with van der Waals surface area (Å²) in [5.41, 5.74) is 17.5. The lowest BCUT2D eigenvalue weighted by atomic mass is 9.95. The highest BCUT2D eigenvalue weighted by Gasteiger charge is 2.34. The van der Waals surface area contributed by atoms with Crippen LogP contribution in [0.2, 0.25) is 0 Å². The molecular formula is C82H50F3N7. The van der Waals surface area contributed by atoms with Crippen LogP contribution in [0.1, 0.15) is 11.1 Å². The number of rotatable bonds is 11. The second-order valence-electron chi connectivity index (χ2n) is 22.8. The summed E-state index contributed by atoms with van der Waals surface area (Å²) in [4.78, 5) is 19.1. The first-order chi connectivity index (χ1) is 45.2. The molecule has 7 nitrogen and oxygen atoms in total. The summed E-state index contributed by atoms with van der Waals surface area (Å²) < 4.78 is 51.4. The van der Waals surface area contributed by atoms with E-state index in [2.05, 4.69) is 112 Å². The van der Waals surface area contributed by atoms with Gasteiger partial charge in [0.1, 0.15) is 11.6 Å². The van der Waals surface area contributed by atoms with Crippen molar-refractivity contribution in [3.05, 3.63) is 315 Å². The monoisotopic (exact) mass is 1190 g/mol. The molecule has 0 atom stereocenters. The molecule has 6 aromatic heterocycles. The number of benzene rings is 10. The van der Waals surface area contributed by atoms with Gasteiger partial charge in [0.05, 0.1) is 61.8 Å². The molecule has 0 amide bonds. The molecule has 0 radical (unpaired) electrons. The van der Waals surface area contributed by atoms with E-state index < -0.39 is 11.7 Å². The van der Waals surface area contributed by atoms with Gasteiger partial charge in [0, 0.05) is 68.6 Å². The van der Waals surface area contributed by atoms with Gasteiger partial charge in [-0.3, -0.25) is 19.9 Å². The van der Waals surface area contributed by atoms with Crippen molar-refractivity contribution in [1.82, 2.24) is 29.1 Å². The zero-order chi connectivity index (χ0) is 61.9. The molecule has 0 fully saturated rings. The van der Waals surface area contributed by atoms with Gasteiger partial charge in [0.25, 0.3) is 0 Å². The molecule has 0 N–H and O–H groups in total. The van der Waals surface area contributed by atoms with E-state index in [-0.39, 0.29) is 16.7 Å². The average Bonchev–Trinajstić information content (AvgIpc) is 1.54. The summed E-state index contributed by atoms with van der Waals surface area (Å²) in [6.07, 6.45) is 2.48. The van der Waals surface area contributed by atoms with Crippen LogP contribution < -0.4 is 0 Å². The van der Waals surface area contributed by atoms with Crippen molar-refractivity contribution in [3.8, 4) is 118 Å². The fourth-order valence-electron chi connectivity index (χ4n) is 13.0. The number of alkyl halides is 3. The van der Waals surface area contributed by atoms with Crippen molar-refractivity contribution in [2.45, 2.75) is 6.18 Å². The predicted octanol–water partition coefficient (Wildman–Crippen LogP) is 21.4. The van der Waals surface area contributed by atoms with Crippen molar-refractivity contribution >= 4 is 43.6 Å². The number of fused-ring (bicyclic) bond motifs is 6. The van der Waals surface area contributed by atoms with Crippen LogP contribution in [0.4, 0.5) is 13.2 Å².